The summed E-state index contributed by atoms with van der Waals surface area (Å²) < 4.78 is 0. The molecular formula is C19H26N4S. The van der Waals surface area contributed by atoms with Gasteiger partial charge in [-0.15, -0.1) is 11.3 Å². The Morgan fingerprint density at radius 3 is 2.96 bits per heavy atom. The van der Waals surface area contributed by atoms with Crippen LogP contribution in [0, 0.1) is 0 Å². The standard InChI is InChI=1S/C19H26N4S/c1-4-20-19(23-12-10-15-7-5-6-8-17(15)23)21-11-9-16-13-24-18(22-16)14(2)3/h5-8,13-14H,4,9-12H2,1-3H3,(H,20,21). The second-order valence-corrected chi connectivity index (χ2v) is 7.24. The number of nitrogens with zero attached hydrogens (tertiary/aromatic N) is 3. The van der Waals surface area contributed by atoms with Crippen molar-refractivity contribution >= 4 is 23.0 Å². The minimum Gasteiger partial charge on any atom is -0.356 e. The molecule has 2 heterocycles. The molecule has 5 heteroatoms. The molecule has 0 bridgehead atoms. The number of rotatable bonds is 5. The Bertz CT molecular complexity index is 705. The summed E-state index contributed by atoms with van der Waals surface area (Å²) in [5.74, 6) is 1.49. The van der Waals surface area contributed by atoms with Crippen molar-refractivity contribution in [2.45, 2.75) is 39.5 Å². The summed E-state index contributed by atoms with van der Waals surface area (Å²) in [7, 11) is 0. The number of hydrogen-bond acceptors (Lipinski definition) is 3. The molecule has 0 saturated carbocycles. The molecule has 0 radical (unpaired) electrons. The summed E-state index contributed by atoms with van der Waals surface area (Å²) in [5.41, 5.74) is 3.85. The van der Waals surface area contributed by atoms with Gasteiger partial charge in [-0.1, -0.05) is 32.0 Å². The van der Waals surface area contributed by atoms with Crippen LogP contribution in [0.2, 0.25) is 0 Å². The maximum Gasteiger partial charge on any atom is 0.198 e. The maximum atomic E-state index is 4.84. The van der Waals surface area contributed by atoms with Crippen LogP contribution in [0.3, 0.4) is 0 Å². The zero-order chi connectivity index (χ0) is 16.9. The van der Waals surface area contributed by atoms with E-state index in [2.05, 4.69) is 60.6 Å². The number of aliphatic imine (C=N–C) groups is 1. The smallest absolute Gasteiger partial charge is 0.198 e. The predicted molar refractivity (Wildman–Crippen MR) is 103 cm³/mol. The van der Waals surface area contributed by atoms with Gasteiger partial charge in [-0.25, -0.2) is 4.98 Å². The quantitative estimate of drug-likeness (QED) is 0.663. The summed E-state index contributed by atoms with van der Waals surface area (Å²) in [6.07, 6.45) is 1.98. The number of benzene rings is 1. The molecule has 1 aromatic carbocycles. The highest BCUT2D eigenvalue weighted by Crippen LogP contribution is 2.27. The zero-order valence-electron chi connectivity index (χ0n) is 14.7. The molecule has 0 unspecified atom stereocenters. The van der Waals surface area contributed by atoms with Crippen LogP contribution >= 0.6 is 11.3 Å². The van der Waals surface area contributed by atoms with Crippen molar-refractivity contribution in [2.75, 3.05) is 24.5 Å². The predicted octanol–water partition coefficient (Wildman–Crippen LogP) is 3.84. The van der Waals surface area contributed by atoms with Gasteiger partial charge >= 0.3 is 0 Å². The van der Waals surface area contributed by atoms with Crippen LogP contribution in [0.25, 0.3) is 0 Å². The normalized spacial score (nSPS) is 14.3. The lowest BCUT2D eigenvalue weighted by Crippen LogP contribution is -2.40. The van der Waals surface area contributed by atoms with E-state index in [1.54, 1.807) is 11.3 Å². The molecule has 0 fully saturated rings. The second-order valence-electron chi connectivity index (χ2n) is 6.35. The highest BCUT2D eigenvalue weighted by atomic mass is 32.1. The van der Waals surface area contributed by atoms with Gasteiger partial charge in [0.1, 0.15) is 0 Å². The monoisotopic (exact) mass is 342 g/mol. The Morgan fingerprint density at radius 1 is 1.38 bits per heavy atom. The third-order valence-electron chi connectivity index (χ3n) is 4.17. The number of nitrogens with one attached hydrogen (secondary N) is 1. The molecule has 1 N–H and O–H groups in total. The van der Waals surface area contributed by atoms with Gasteiger partial charge < -0.3 is 10.2 Å². The van der Waals surface area contributed by atoms with Crippen LogP contribution in [0.1, 0.15) is 43.0 Å². The number of thiazole rings is 1. The minimum atomic E-state index is 0.505. The first-order chi connectivity index (χ1) is 11.7. The third kappa shape index (κ3) is 3.78. The molecule has 0 aliphatic carbocycles. The molecule has 1 aromatic heterocycles. The van der Waals surface area contributed by atoms with Crippen LogP contribution < -0.4 is 10.2 Å². The highest BCUT2D eigenvalue weighted by Gasteiger charge is 2.22. The van der Waals surface area contributed by atoms with Gasteiger partial charge in [0, 0.05) is 43.0 Å². The van der Waals surface area contributed by atoms with Crippen molar-refractivity contribution in [3.05, 3.63) is 45.9 Å². The molecule has 24 heavy (non-hydrogen) atoms. The zero-order valence-corrected chi connectivity index (χ0v) is 15.6. The second kappa shape index (κ2) is 7.79. The van der Waals surface area contributed by atoms with Crippen LogP contribution in [0.5, 0.6) is 0 Å². The van der Waals surface area contributed by atoms with E-state index in [4.69, 9.17) is 9.98 Å². The van der Waals surface area contributed by atoms with Gasteiger partial charge in [0.05, 0.1) is 10.7 Å². The molecule has 0 spiro atoms. The van der Waals surface area contributed by atoms with Crippen molar-refractivity contribution in [3.63, 3.8) is 0 Å². The number of fused-ring (bicyclic) bond motifs is 1. The molecule has 128 valence electrons. The summed E-state index contributed by atoms with van der Waals surface area (Å²) in [6.45, 7) is 9.14. The van der Waals surface area contributed by atoms with E-state index in [1.165, 1.54) is 16.3 Å². The fraction of sp³-hybridized carbons (Fsp3) is 0.474. The Hall–Kier alpha value is -1.88. The first-order valence-corrected chi connectivity index (χ1v) is 9.65. The first kappa shape index (κ1) is 17.0. The van der Waals surface area contributed by atoms with Crippen LogP contribution in [0.15, 0.2) is 34.6 Å². The van der Waals surface area contributed by atoms with Crippen LogP contribution in [-0.4, -0.2) is 30.6 Å². The summed E-state index contributed by atoms with van der Waals surface area (Å²) in [4.78, 5) is 11.8. The highest BCUT2D eigenvalue weighted by molar-refractivity contribution is 7.09. The van der Waals surface area contributed by atoms with Crippen molar-refractivity contribution in [3.8, 4) is 0 Å². The van der Waals surface area contributed by atoms with Gasteiger partial charge in [-0.3, -0.25) is 4.99 Å². The summed E-state index contributed by atoms with van der Waals surface area (Å²) in [6, 6.07) is 8.61. The van der Waals surface area contributed by atoms with Gasteiger partial charge in [0.25, 0.3) is 0 Å². The van der Waals surface area contributed by atoms with Gasteiger partial charge in [-0.05, 0) is 25.0 Å². The van der Waals surface area contributed by atoms with Crippen molar-refractivity contribution in [1.82, 2.24) is 10.3 Å². The Balaban J connectivity index is 1.68. The fourth-order valence-corrected chi connectivity index (χ4v) is 3.80. The molecule has 0 amide bonds. The summed E-state index contributed by atoms with van der Waals surface area (Å²) in [5, 5.41) is 6.82. The molecule has 4 nitrogen and oxygen atoms in total. The van der Waals surface area contributed by atoms with Gasteiger partial charge in [0.2, 0.25) is 0 Å². The van der Waals surface area contributed by atoms with E-state index in [0.29, 0.717) is 5.92 Å². The molecule has 1 aliphatic heterocycles. The van der Waals surface area contributed by atoms with Gasteiger partial charge in [-0.2, -0.15) is 0 Å². The molecule has 3 rings (SSSR count). The van der Waals surface area contributed by atoms with Crippen molar-refractivity contribution in [1.29, 1.82) is 0 Å². The van der Waals surface area contributed by atoms with E-state index in [9.17, 15) is 0 Å². The molecule has 0 saturated heterocycles. The molecule has 1 aliphatic rings. The van der Waals surface area contributed by atoms with E-state index in [0.717, 1.165) is 44.1 Å². The topological polar surface area (TPSA) is 40.5 Å². The number of hydrogen-bond donors (Lipinski definition) is 1. The number of anilines is 1. The van der Waals surface area contributed by atoms with E-state index >= 15 is 0 Å². The Kier molecular flexibility index (Phi) is 5.51. The molecule has 2 aromatic rings. The third-order valence-corrected chi connectivity index (χ3v) is 5.36. The average molecular weight is 343 g/mol. The largest absolute Gasteiger partial charge is 0.356 e. The fourth-order valence-electron chi connectivity index (χ4n) is 2.93. The Labute approximate surface area is 148 Å². The number of aromatic nitrogens is 1. The average Bonchev–Trinajstić information content (AvgIpc) is 3.21. The van der Waals surface area contributed by atoms with E-state index in [1.807, 2.05) is 0 Å². The SMILES string of the molecule is CCNC(=NCCc1csc(C(C)C)n1)N1CCc2ccccc21. The van der Waals surface area contributed by atoms with Crippen molar-refractivity contribution < 1.29 is 0 Å². The van der Waals surface area contributed by atoms with Gasteiger partial charge in [0.15, 0.2) is 5.96 Å². The van der Waals surface area contributed by atoms with E-state index in [-0.39, 0.29) is 0 Å². The maximum absolute atomic E-state index is 4.84. The van der Waals surface area contributed by atoms with Crippen LogP contribution in [-0.2, 0) is 12.8 Å². The van der Waals surface area contributed by atoms with Crippen LogP contribution in [0.4, 0.5) is 5.69 Å². The number of guanidine groups is 1. The Morgan fingerprint density at radius 2 is 2.21 bits per heavy atom. The lowest BCUT2D eigenvalue weighted by molar-refractivity contribution is 0.825. The first-order valence-electron chi connectivity index (χ1n) is 8.77. The lowest BCUT2D eigenvalue weighted by atomic mass is 10.2. The number of para-hydroxylation sites is 1. The summed E-state index contributed by atoms with van der Waals surface area (Å²) >= 11 is 1.76. The molecular weight excluding hydrogens is 316 g/mol. The minimum absolute atomic E-state index is 0.505. The van der Waals surface area contributed by atoms with Crippen molar-refractivity contribution in [2.24, 2.45) is 4.99 Å². The lowest BCUT2D eigenvalue weighted by Gasteiger charge is -2.22. The molecule has 0 atom stereocenters. The van der Waals surface area contributed by atoms with E-state index < -0.39 is 0 Å².